The van der Waals surface area contributed by atoms with Crippen molar-refractivity contribution < 1.29 is 27.4 Å². The van der Waals surface area contributed by atoms with Crippen molar-refractivity contribution in [1.29, 1.82) is 0 Å². The van der Waals surface area contributed by atoms with Crippen LogP contribution in [-0.4, -0.2) is 50.7 Å². The molecule has 0 aromatic heterocycles. The molecule has 1 aliphatic heterocycles. The molecular weight excluding hydrogens is 301 g/mol. The zero-order valence-corrected chi connectivity index (χ0v) is 12.5. The quantitative estimate of drug-likeness (QED) is 0.737. The van der Waals surface area contributed by atoms with Gasteiger partial charge < -0.3 is 20.1 Å². The number of halogens is 3. The maximum Gasteiger partial charge on any atom is 0.411 e. The molecule has 0 spiro atoms. The van der Waals surface area contributed by atoms with Gasteiger partial charge in [-0.15, -0.1) is 0 Å². The van der Waals surface area contributed by atoms with Crippen LogP contribution in [0, 0.1) is 5.92 Å². The van der Waals surface area contributed by atoms with Crippen molar-refractivity contribution in [2.24, 2.45) is 5.92 Å². The van der Waals surface area contributed by atoms with Crippen LogP contribution in [0.3, 0.4) is 0 Å². The zero-order chi connectivity index (χ0) is 16.0. The van der Waals surface area contributed by atoms with Gasteiger partial charge in [-0.2, -0.15) is 13.2 Å². The van der Waals surface area contributed by atoms with Crippen LogP contribution in [0.4, 0.5) is 18.0 Å². The predicted octanol–water partition coefficient (Wildman–Crippen LogP) is 2.21. The van der Waals surface area contributed by atoms with E-state index in [-0.39, 0.29) is 24.8 Å². The molecule has 0 aromatic carbocycles. The molecule has 1 saturated carbocycles. The molecule has 0 bridgehead atoms. The molecule has 2 N–H and O–H groups in total. The van der Waals surface area contributed by atoms with Crippen LogP contribution in [0.2, 0.25) is 0 Å². The fourth-order valence-electron chi connectivity index (χ4n) is 3.14. The maximum atomic E-state index is 11.8. The van der Waals surface area contributed by atoms with Gasteiger partial charge in [0.25, 0.3) is 0 Å². The second-order valence-corrected chi connectivity index (χ2v) is 5.82. The van der Waals surface area contributed by atoms with Crippen molar-refractivity contribution in [3.05, 3.63) is 0 Å². The van der Waals surface area contributed by atoms with Crippen molar-refractivity contribution in [2.75, 3.05) is 26.4 Å². The number of rotatable bonds is 6. The molecular formula is C14H23F3N2O3. The van der Waals surface area contributed by atoms with Crippen LogP contribution < -0.4 is 10.6 Å². The Balaban J connectivity index is 1.56. The second-order valence-electron chi connectivity index (χ2n) is 5.82. The van der Waals surface area contributed by atoms with E-state index >= 15 is 0 Å². The highest BCUT2D eigenvalue weighted by Crippen LogP contribution is 2.34. The molecule has 22 heavy (non-hydrogen) atoms. The van der Waals surface area contributed by atoms with Gasteiger partial charge in [-0.05, 0) is 32.1 Å². The lowest BCUT2D eigenvalue weighted by molar-refractivity contribution is -0.173. The first kappa shape index (κ1) is 17.3. The van der Waals surface area contributed by atoms with Gasteiger partial charge in [0.05, 0.1) is 6.10 Å². The molecule has 3 atom stereocenters. The van der Waals surface area contributed by atoms with E-state index in [1.807, 2.05) is 0 Å². The molecule has 2 fully saturated rings. The topological polar surface area (TPSA) is 59.6 Å². The van der Waals surface area contributed by atoms with Gasteiger partial charge >= 0.3 is 12.2 Å². The Morgan fingerprint density at radius 1 is 1.27 bits per heavy atom. The SMILES string of the molecule is O=C(NCCCOCC(F)(F)F)N[C@@H]1CCC[C@@H]2OCC[C@H]21. The molecule has 2 amide bonds. The van der Waals surface area contributed by atoms with Gasteiger partial charge in [-0.3, -0.25) is 0 Å². The summed E-state index contributed by atoms with van der Waals surface area (Å²) in [6, 6.07) is -0.142. The Morgan fingerprint density at radius 3 is 2.86 bits per heavy atom. The fourth-order valence-corrected chi connectivity index (χ4v) is 3.14. The highest BCUT2D eigenvalue weighted by atomic mass is 19.4. The van der Waals surface area contributed by atoms with E-state index in [9.17, 15) is 18.0 Å². The summed E-state index contributed by atoms with van der Waals surface area (Å²) in [5.74, 6) is 0.384. The summed E-state index contributed by atoms with van der Waals surface area (Å²) in [5, 5.41) is 5.61. The van der Waals surface area contributed by atoms with Crippen molar-refractivity contribution in [1.82, 2.24) is 10.6 Å². The number of alkyl halides is 3. The third kappa shape index (κ3) is 5.64. The molecule has 1 heterocycles. The maximum absolute atomic E-state index is 11.8. The van der Waals surface area contributed by atoms with E-state index in [1.165, 1.54) is 0 Å². The standard InChI is InChI=1S/C14H23F3N2O3/c15-14(16,17)9-21-7-2-6-18-13(20)19-11-3-1-4-12-10(11)5-8-22-12/h10-12H,1-9H2,(H2,18,19,20)/t10-,11+,12-/m0/s1. The number of amides is 2. The molecule has 0 aromatic rings. The number of carbonyl (C=O) groups excluding carboxylic acids is 1. The predicted molar refractivity (Wildman–Crippen MR) is 73.5 cm³/mol. The van der Waals surface area contributed by atoms with Crippen molar-refractivity contribution in [3.8, 4) is 0 Å². The monoisotopic (exact) mass is 324 g/mol. The molecule has 8 heteroatoms. The molecule has 128 valence electrons. The first-order chi connectivity index (χ1) is 10.5. The van der Waals surface area contributed by atoms with Gasteiger partial charge in [0.2, 0.25) is 0 Å². The van der Waals surface area contributed by atoms with Crippen LogP contribution in [-0.2, 0) is 9.47 Å². The molecule has 1 saturated heterocycles. The summed E-state index contributed by atoms with van der Waals surface area (Å²) in [7, 11) is 0. The second kappa shape index (κ2) is 8.01. The van der Waals surface area contributed by atoms with Crippen molar-refractivity contribution >= 4 is 6.03 Å². The lowest BCUT2D eigenvalue weighted by atomic mass is 9.82. The molecule has 2 rings (SSSR count). The number of fused-ring (bicyclic) bond motifs is 1. The van der Waals surface area contributed by atoms with Crippen molar-refractivity contribution in [3.63, 3.8) is 0 Å². The first-order valence-corrected chi connectivity index (χ1v) is 7.76. The number of nitrogens with one attached hydrogen (secondary N) is 2. The van der Waals surface area contributed by atoms with Crippen LogP contribution in [0.5, 0.6) is 0 Å². The largest absolute Gasteiger partial charge is 0.411 e. The Bertz CT molecular complexity index is 366. The zero-order valence-electron chi connectivity index (χ0n) is 12.5. The highest BCUT2D eigenvalue weighted by molar-refractivity contribution is 5.74. The number of urea groups is 1. The molecule has 1 aliphatic carbocycles. The third-order valence-corrected chi connectivity index (χ3v) is 4.11. The summed E-state index contributed by atoms with van der Waals surface area (Å²) < 4.78 is 45.7. The lowest BCUT2D eigenvalue weighted by Gasteiger charge is -2.33. The molecule has 2 aliphatic rings. The van der Waals surface area contributed by atoms with Crippen LogP contribution in [0.1, 0.15) is 32.1 Å². The lowest BCUT2D eigenvalue weighted by Crippen LogP contribution is -2.49. The number of hydrogen-bond donors (Lipinski definition) is 2. The van der Waals surface area contributed by atoms with Crippen LogP contribution >= 0.6 is 0 Å². The number of ether oxygens (including phenoxy) is 2. The van der Waals surface area contributed by atoms with E-state index in [2.05, 4.69) is 15.4 Å². The summed E-state index contributed by atoms with van der Waals surface area (Å²) in [5.41, 5.74) is 0. The van der Waals surface area contributed by atoms with E-state index in [4.69, 9.17) is 4.74 Å². The van der Waals surface area contributed by atoms with Gasteiger partial charge in [0.1, 0.15) is 6.61 Å². The summed E-state index contributed by atoms with van der Waals surface area (Å²) >= 11 is 0. The fraction of sp³-hybridized carbons (Fsp3) is 0.929. The van der Waals surface area contributed by atoms with E-state index in [0.717, 1.165) is 32.3 Å². The van der Waals surface area contributed by atoms with Crippen molar-refractivity contribution in [2.45, 2.75) is 50.4 Å². The molecule has 0 unspecified atom stereocenters. The minimum Gasteiger partial charge on any atom is -0.378 e. The summed E-state index contributed by atoms with van der Waals surface area (Å²) in [4.78, 5) is 11.8. The Hall–Kier alpha value is -1.02. The van der Waals surface area contributed by atoms with Crippen LogP contribution in [0.25, 0.3) is 0 Å². The van der Waals surface area contributed by atoms with E-state index in [0.29, 0.717) is 18.9 Å². The average molecular weight is 324 g/mol. The van der Waals surface area contributed by atoms with Gasteiger partial charge in [0, 0.05) is 31.7 Å². The summed E-state index contributed by atoms with van der Waals surface area (Å²) in [6.07, 6.45) is 0.329. The average Bonchev–Trinajstić information content (AvgIpc) is 2.91. The Kier molecular flexibility index (Phi) is 6.31. The Morgan fingerprint density at radius 2 is 2.09 bits per heavy atom. The summed E-state index contributed by atoms with van der Waals surface area (Å²) in [6.45, 7) is -0.223. The van der Waals surface area contributed by atoms with Crippen LogP contribution in [0.15, 0.2) is 0 Å². The smallest absolute Gasteiger partial charge is 0.378 e. The van der Waals surface area contributed by atoms with Gasteiger partial charge in [0.15, 0.2) is 0 Å². The minimum atomic E-state index is -4.30. The number of hydrogen-bond acceptors (Lipinski definition) is 3. The minimum absolute atomic E-state index is 0.0260. The molecule has 0 radical (unpaired) electrons. The van der Waals surface area contributed by atoms with Gasteiger partial charge in [-0.1, -0.05) is 0 Å². The normalized spacial score (nSPS) is 28.2. The Labute approximate surface area is 127 Å². The third-order valence-electron chi connectivity index (χ3n) is 4.11. The highest BCUT2D eigenvalue weighted by Gasteiger charge is 2.38. The molecule has 5 nitrogen and oxygen atoms in total. The van der Waals surface area contributed by atoms with Gasteiger partial charge in [-0.25, -0.2) is 4.79 Å². The number of carbonyl (C=O) groups is 1. The van der Waals surface area contributed by atoms with E-state index < -0.39 is 12.8 Å². The first-order valence-electron chi connectivity index (χ1n) is 7.76. The van der Waals surface area contributed by atoms with E-state index in [1.54, 1.807) is 0 Å².